The van der Waals surface area contributed by atoms with Gasteiger partial charge in [0, 0.05) is 11.3 Å². The Labute approximate surface area is 148 Å². The van der Waals surface area contributed by atoms with Crippen molar-refractivity contribution in [1.82, 2.24) is 25.6 Å². The minimum atomic E-state index is -0.0557. The van der Waals surface area contributed by atoms with Crippen molar-refractivity contribution in [1.29, 1.82) is 0 Å². The summed E-state index contributed by atoms with van der Waals surface area (Å²) in [4.78, 5) is 12.6. The average molecular weight is 352 g/mol. The van der Waals surface area contributed by atoms with Gasteiger partial charge in [-0.15, -0.1) is 5.10 Å². The molecule has 2 atom stereocenters. The minimum Gasteiger partial charge on any atom is -0.348 e. The van der Waals surface area contributed by atoms with Crippen LogP contribution in [0, 0.1) is 6.92 Å². The lowest BCUT2D eigenvalue weighted by Crippen LogP contribution is -2.39. The summed E-state index contributed by atoms with van der Waals surface area (Å²) < 4.78 is 1.95. The molecule has 2 heterocycles. The van der Waals surface area contributed by atoms with Gasteiger partial charge in [0.05, 0.1) is 11.7 Å². The predicted octanol–water partition coefficient (Wildman–Crippen LogP) is 2.31. The highest BCUT2D eigenvalue weighted by Crippen LogP contribution is 2.28. The molecule has 0 aromatic carbocycles. The van der Waals surface area contributed by atoms with Crippen LogP contribution in [0.4, 0.5) is 0 Å². The van der Waals surface area contributed by atoms with E-state index >= 15 is 0 Å². The van der Waals surface area contributed by atoms with Crippen molar-refractivity contribution in [3.05, 3.63) is 11.4 Å². The number of thioether (sulfide) groups is 1. The maximum atomic E-state index is 12.6. The van der Waals surface area contributed by atoms with E-state index in [4.69, 9.17) is 0 Å². The van der Waals surface area contributed by atoms with Gasteiger partial charge >= 0.3 is 0 Å². The molecule has 0 bridgehead atoms. The number of piperidine rings is 1. The fraction of sp³-hybridized carbons (Fsp3) is 0.824. The maximum Gasteiger partial charge on any atom is 0.273 e. The summed E-state index contributed by atoms with van der Waals surface area (Å²) in [5, 5.41) is 15.7. The summed E-state index contributed by atoms with van der Waals surface area (Å²) in [5.74, 6) is 1.09. The summed E-state index contributed by atoms with van der Waals surface area (Å²) in [6.45, 7) is 6.18. The number of rotatable bonds is 5. The van der Waals surface area contributed by atoms with Crippen molar-refractivity contribution >= 4 is 17.7 Å². The monoisotopic (exact) mass is 351 g/mol. The number of carbonyl (C=O) groups excluding carboxylic acids is 1. The minimum absolute atomic E-state index is 0.0557. The van der Waals surface area contributed by atoms with Crippen LogP contribution in [0.15, 0.2) is 0 Å². The molecular weight excluding hydrogens is 322 g/mol. The van der Waals surface area contributed by atoms with Crippen LogP contribution in [0.1, 0.15) is 67.7 Å². The molecule has 2 aliphatic rings. The maximum absolute atomic E-state index is 12.6. The highest BCUT2D eigenvalue weighted by atomic mass is 32.2. The van der Waals surface area contributed by atoms with Gasteiger partial charge in [-0.2, -0.15) is 11.8 Å². The SMILES string of the molecule is CCSC1CCCC(NC(=O)c2nnn(C3CCNCC3)c2C)C1. The lowest BCUT2D eigenvalue weighted by molar-refractivity contribution is 0.0922. The second-order valence-corrected chi connectivity index (χ2v) is 8.44. The number of nitrogens with zero attached hydrogens (tertiary/aromatic N) is 3. The van der Waals surface area contributed by atoms with Gasteiger partial charge in [0.25, 0.3) is 5.91 Å². The number of hydrogen-bond donors (Lipinski definition) is 2. The molecule has 7 heteroatoms. The molecule has 0 spiro atoms. The van der Waals surface area contributed by atoms with Crippen LogP contribution in [0.3, 0.4) is 0 Å². The Balaban J connectivity index is 1.61. The van der Waals surface area contributed by atoms with Crippen LogP contribution in [-0.4, -0.2) is 51.0 Å². The first kappa shape index (κ1) is 17.7. The first-order valence-corrected chi connectivity index (χ1v) is 10.3. The summed E-state index contributed by atoms with van der Waals surface area (Å²) in [6.07, 6.45) is 6.71. The van der Waals surface area contributed by atoms with Crippen molar-refractivity contribution in [2.24, 2.45) is 0 Å². The number of amides is 1. The standard InChI is InChI=1S/C17H29N5OS/c1-3-24-15-6-4-5-13(11-15)19-17(23)16-12(2)22(21-20-16)14-7-9-18-10-8-14/h13-15,18H,3-11H2,1-2H3,(H,19,23). The van der Waals surface area contributed by atoms with Gasteiger partial charge < -0.3 is 10.6 Å². The van der Waals surface area contributed by atoms with Crippen molar-refractivity contribution in [3.63, 3.8) is 0 Å². The van der Waals surface area contributed by atoms with Gasteiger partial charge in [0.1, 0.15) is 0 Å². The fourth-order valence-corrected chi connectivity index (χ4v) is 5.04. The molecule has 1 aliphatic carbocycles. The molecule has 3 rings (SSSR count). The first-order valence-electron chi connectivity index (χ1n) is 9.24. The van der Waals surface area contributed by atoms with Crippen molar-refractivity contribution < 1.29 is 4.79 Å². The van der Waals surface area contributed by atoms with E-state index in [0.717, 1.165) is 50.2 Å². The van der Waals surface area contributed by atoms with E-state index in [2.05, 4.69) is 27.9 Å². The molecular formula is C17H29N5OS. The van der Waals surface area contributed by atoms with Crippen molar-refractivity contribution in [2.75, 3.05) is 18.8 Å². The molecule has 24 heavy (non-hydrogen) atoms. The van der Waals surface area contributed by atoms with Crippen molar-refractivity contribution in [3.8, 4) is 0 Å². The van der Waals surface area contributed by atoms with E-state index in [1.165, 1.54) is 12.8 Å². The first-order chi connectivity index (χ1) is 11.7. The molecule has 1 aromatic heterocycles. The Bertz CT molecular complexity index is 553. The quantitative estimate of drug-likeness (QED) is 0.852. The van der Waals surface area contributed by atoms with E-state index in [1.54, 1.807) is 0 Å². The molecule has 2 fully saturated rings. The van der Waals surface area contributed by atoms with Crippen LogP contribution in [0.5, 0.6) is 0 Å². The molecule has 6 nitrogen and oxygen atoms in total. The number of nitrogens with one attached hydrogen (secondary N) is 2. The van der Waals surface area contributed by atoms with Gasteiger partial charge in [-0.25, -0.2) is 4.68 Å². The van der Waals surface area contributed by atoms with Gasteiger partial charge in [-0.1, -0.05) is 18.6 Å². The Kier molecular flexibility index (Phi) is 6.16. The van der Waals surface area contributed by atoms with Crippen LogP contribution in [0.25, 0.3) is 0 Å². The van der Waals surface area contributed by atoms with E-state index in [1.807, 2.05) is 23.4 Å². The lowest BCUT2D eigenvalue weighted by atomic mass is 9.95. The summed E-state index contributed by atoms with van der Waals surface area (Å²) >= 11 is 2.02. The Morgan fingerprint density at radius 2 is 2.12 bits per heavy atom. The van der Waals surface area contributed by atoms with Crippen molar-refractivity contribution in [2.45, 2.75) is 69.7 Å². The smallest absolute Gasteiger partial charge is 0.273 e. The molecule has 2 unspecified atom stereocenters. The third-order valence-electron chi connectivity index (χ3n) is 5.16. The van der Waals surface area contributed by atoms with Gasteiger partial charge in [0.15, 0.2) is 5.69 Å². The third kappa shape index (κ3) is 4.11. The van der Waals surface area contributed by atoms with Gasteiger partial charge in [-0.3, -0.25) is 4.79 Å². The second kappa shape index (κ2) is 8.34. The Morgan fingerprint density at radius 3 is 2.88 bits per heavy atom. The van der Waals surface area contributed by atoms with E-state index < -0.39 is 0 Å². The molecule has 1 saturated heterocycles. The highest BCUT2D eigenvalue weighted by molar-refractivity contribution is 7.99. The van der Waals surface area contributed by atoms with E-state index in [9.17, 15) is 4.79 Å². The van der Waals surface area contributed by atoms with Crippen LogP contribution in [0.2, 0.25) is 0 Å². The highest BCUT2D eigenvalue weighted by Gasteiger charge is 2.27. The van der Waals surface area contributed by atoms with Gasteiger partial charge in [-0.05, 0) is 57.9 Å². The molecule has 1 aliphatic heterocycles. The number of aromatic nitrogens is 3. The molecule has 2 N–H and O–H groups in total. The normalized spacial score (nSPS) is 25.6. The zero-order valence-corrected chi connectivity index (χ0v) is 15.6. The third-order valence-corrected chi connectivity index (χ3v) is 6.39. The zero-order chi connectivity index (χ0) is 16.9. The Hall–Kier alpha value is -1.08. The molecule has 134 valence electrons. The largest absolute Gasteiger partial charge is 0.348 e. The fourth-order valence-electron chi connectivity index (χ4n) is 3.87. The zero-order valence-electron chi connectivity index (χ0n) is 14.8. The predicted molar refractivity (Wildman–Crippen MR) is 97.5 cm³/mol. The molecule has 1 saturated carbocycles. The average Bonchev–Trinajstić information content (AvgIpc) is 2.98. The van der Waals surface area contributed by atoms with Crippen LogP contribution in [-0.2, 0) is 0 Å². The summed E-state index contributed by atoms with van der Waals surface area (Å²) in [6, 6.07) is 0.638. The molecule has 1 aromatic rings. The number of hydrogen-bond acceptors (Lipinski definition) is 5. The second-order valence-electron chi connectivity index (χ2n) is 6.86. The van der Waals surface area contributed by atoms with Gasteiger partial charge in [0.2, 0.25) is 0 Å². The topological polar surface area (TPSA) is 71.8 Å². The molecule has 1 amide bonds. The summed E-state index contributed by atoms with van der Waals surface area (Å²) in [5.41, 5.74) is 1.40. The van der Waals surface area contributed by atoms with Crippen LogP contribution < -0.4 is 10.6 Å². The van der Waals surface area contributed by atoms with Crippen LogP contribution >= 0.6 is 11.8 Å². The lowest BCUT2D eigenvalue weighted by Gasteiger charge is -2.29. The van der Waals surface area contributed by atoms with E-state index in [-0.39, 0.29) is 11.9 Å². The Morgan fingerprint density at radius 1 is 1.33 bits per heavy atom. The summed E-state index contributed by atoms with van der Waals surface area (Å²) in [7, 11) is 0. The number of carbonyl (C=O) groups is 1. The molecule has 0 radical (unpaired) electrons. The van der Waals surface area contributed by atoms with E-state index in [0.29, 0.717) is 17.0 Å².